The van der Waals surface area contributed by atoms with E-state index in [0.717, 1.165) is 28.2 Å². The van der Waals surface area contributed by atoms with Gasteiger partial charge in [0.15, 0.2) is 17.3 Å². The van der Waals surface area contributed by atoms with Gasteiger partial charge in [-0.05, 0) is 47.9 Å². The average Bonchev–Trinajstić information content (AvgIpc) is 3.17. The Morgan fingerprint density at radius 2 is 1.79 bits per heavy atom. The van der Waals surface area contributed by atoms with E-state index in [1.807, 2.05) is 49.4 Å². The van der Waals surface area contributed by atoms with Gasteiger partial charge in [0.2, 0.25) is 12.7 Å². The number of aryl methyl sites for hydroxylation is 1. The van der Waals surface area contributed by atoms with Gasteiger partial charge in [0.1, 0.15) is 5.82 Å². The van der Waals surface area contributed by atoms with Gasteiger partial charge in [-0.15, -0.1) is 10.2 Å². The summed E-state index contributed by atoms with van der Waals surface area (Å²) in [7, 11) is 0. The smallest absolute Gasteiger partial charge is 0.231 e. The molecule has 7 heteroatoms. The summed E-state index contributed by atoms with van der Waals surface area (Å²) in [4.78, 5) is 12.2. The topological polar surface area (TPSA) is 85.4 Å². The lowest BCUT2D eigenvalue weighted by atomic mass is 10.1. The van der Waals surface area contributed by atoms with Gasteiger partial charge in [-0.2, -0.15) is 0 Å². The zero-order valence-corrected chi connectivity index (χ0v) is 15.4. The minimum atomic E-state index is -0.121. The van der Waals surface area contributed by atoms with Crippen molar-refractivity contribution in [3.8, 4) is 11.5 Å². The zero-order valence-electron chi connectivity index (χ0n) is 15.4. The predicted molar refractivity (Wildman–Crippen MR) is 105 cm³/mol. The van der Waals surface area contributed by atoms with E-state index in [1.165, 1.54) is 0 Å². The summed E-state index contributed by atoms with van der Waals surface area (Å²) in [5, 5.41) is 14.1. The molecule has 7 nitrogen and oxygen atoms in total. The van der Waals surface area contributed by atoms with Crippen LogP contribution in [0.5, 0.6) is 11.5 Å². The van der Waals surface area contributed by atoms with Gasteiger partial charge in [-0.1, -0.05) is 30.3 Å². The zero-order chi connectivity index (χ0) is 19.3. The normalized spacial score (nSPS) is 11.9. The Kier molecular flexibility index (Phi) is 5.05. The maximum Gasteiger partial charge on any atom is 0.231 e. The van der Waals surface area contributed by atoms with Crippen LogP contribution >= 0.6 is 0 Å². The van der Waals surface area contributed by atoms with Crippen LogP contribution in [0, 0.1) is 6.92 Å². The highest BCUT2D eigenvalue weighted by Crippen LogP contribution is 2.32. The Bertz CT molecular complexity index is 989. The third-order valence-corrected chi connectivity index (χ3v) is 4.45. The molecule has 1 amide bonds. The molecule has 1 aliphatic rings. The summed E-state index contributed by atoms with van der Waals surface area (Å²) in [5.74, 6) is 2.43. The highest BCUT2D eigenvalue weighted by Gasteiger charge is 2.13. The molecule has 2 heterocycles. The molecule has 0 radical (unpaired) electrons. The maximum absolute atomic E-state index is 12.2. The van der Waals surface area contributed by atoms with E-state index in [2.05, 4.69) is 20.8 Å². The first-order chi connectivity index (χ1) is 13.7. The Balaban J connectivity index is 1.31. The molecule has 0 bridgehead atoms. The number of benzene rings is 2. The Hall–Kier alpha value is -3.61. The van der Waals surface area contributed by atoms with Gasteiger partial charge in [0.25, 0.3) is 0 Å². The molecule has 1 aromatic heterocycles. The molecule has 0 saturated heterocycles. The van der Waals surface area contributed by atoms with Crippen LogP contribution in [-0.4, -0.2) is 22.9 Å². The average molecular weight is 376 g/mol. The molecule has 0 fully saturated rings. The lowest BCUT2D eigenvalue weighted by molar-refractivity contribution is -0.115. The highest BCUT2D eigenvalue weighted by molar-refractivity contribution is 5.91. The number of nitrogens with one attached hydrogen (secondary N) is 2. The van der Waals surface area contributed by atoms with Crippen molar-refractivity contribution in [3.05, 3.63) is 71.3 Å². The van der Waals surface area contributed by atoms with E-state index >= 15 is 0 Å². The first kappa shape index (κ1) is 17.8. The van der Waals surface area contributed by atoms with E-state index in [9.17, 15) is 4.79 Å². The molecule has 142 valence electrons. The van der Waals surface area contributed by atoms with Crippen molar-refractivity contribution in [3.63, 3.8) is 0 Å². The van der Waals surface area contributed by atoms with E-state index < -0.39 is 0 Å². The van der Waals surface area contributed by atoms with Gasteiger partial charge in [-0.3, -0.25) is 4.79 Å². The van der Waals surface area contributed by atoms with E-state index in [0.29, 0.717) is 24.6 Å². The van der Waals surface area contributed by atoms with E-state index in [1.54, 1.807) is 12.1 Å². The molecule has 3 aromatic rings. The third-order valence-electron chi connectivity index (χ3n) is 4.45. The molecular weight excluding hydrogens is 356 g/mol. The summed E-state index contributed by atoms with van der Waals surface area (Å²) in [6, 6.07) is 17.1. The predicted octanol–water partition coefficient (Wildman–Crippen LogP) is 3.31. The summed E-state index contributed by atoms with van der Waals surface area (Å²) in [5.41, 5.74) is 3.13. The summed E-state index contributed by atoms with van der Waals surface area (Å²) in [6.45, 7) is 2.82. The number of hydrogen-bond donors (Lipinski definition) is 2. The molecular formula is C21H20N4O3. The molecule has 0 unspecified atom stereocenters. The number of rotatable bonds is 6. The monoisotopic (exact) mass is 376 g/mol. The first-order valence-electron chi connectivity index (χ1n) is 8.98. The molecule has 0 aliphatic carbocycles. The quantitative estimate of drug-likeness (QED) is 0.687. The van der Waals surface area contributed by atoms with Gasteiger partial charge in [-0.25, -0.2) is 0 Å². The standard InChI is InChI=1S/C21H20N4O3/c1-14-4-2-3-5-16(14)11-21(26)23-20-9-8-19(24-25-20)22-12-15-6-7-17-18(10-15)28-13-27-17/h2-10H,11-13H2,1H3,(H,22,24)(H,23,25,26). The van der Waals surface area contributed by atoms with Gasteiger partial charge in [0, 0.05) is 6.54 Å². The number of aromatic nitrogens is 2. The van der Waals surface area contributed by atoms with Crippen LogP contribution in [-0.2, 0) is 17.8 Å². The van der Waals surface area contributed by atoms with Crippen molar-refractivity contribution >= 4 is 17.5 Å². The van der Waals surface area contributed by atoms with Crippen LogP contribution in [0.25, 0.3) is 0 Å². The number of nitrogens with zero attached hydrogens (tertiary/aromatic N) is 2. The van der Waals surface area contributed by atoms with E-state index in [-0.39, 0.29) is 12.7 Å². The van der Waals surface area contributed by atoms with Crippen molar-refractivity contribution in [2.24, 2.45) is 0 Å². The van der Waals surface area contributed by atoms with Crippen molar-refractivity contribution in [2.45, 2.75) is 19.9 Å². The van der Waals surface area contributed by atoms with Crippen LogP contribution < -0.4 is 20.1 Å². The van der Waals surface area contributed by atoms with Gasteiger partial charge in [0.05, 0.1) is 6.42 Å². The summed E-state index contributed by atoms with van der Waals surface area (Å²) in [6.07, 6.45) is 0.304. The third kappa shape index (κ3) is 4.20. The summed E-state index contributed by atoms with van der Waals surface area (Å²) >= 11 is 0. The number of fused-ring (bicyclic) bond motifs is 1. The second-order valence-electron chi connectivity index (χ2n) is 6.50. The minimum Gasteiger partial charge on any atom is -0.454 e. The Morgan fingerprint density at radius 1 is 1.00 bits per heavy atom. The number of hydrogen-bond acceptors (Lipinski definition) is 6. The minimum absolute atomic E-state index is 0.121. The van der Waals surface area contributed by atoms with Crippen LogP contribution in [0.4, 0.5) is 11.6 Å². The van der Waals surface area contributed by atoms with Crippen LogP contribution in [0.3, 0.4) is 0 Å². The largest absolute Gasteiger partial charge is 0.454 e. The van der Waals surface area contributed by atoms with Crippen LogP contribution in [0.2, 0.25) is 0 Å². The molecule has 2 N–H and O–H groups in total. The lowest BCUT2D eigenvalue weighted by Crippen LogP contribution is -2.16. The Labute approximate surface area is 162 Å². The molecule has 0 spiro atoms. The summed E-state index contributed by atoms with van der Waals surface area (Å²) < 4.78 is 10.7. The molecule has 0 atom stereocenters. The van der Waals surface area contributed by atoms with E-state index in [4.69, 9.17) is 9.47 Å². The molecule has 4 rings (SSSR count). The fourth-order valence-corrected chi connectivity index (χ4v) is 2.91. The maximum atomic E-state index is 12.2. The first-order valence-corrected chi connectivity index (χ1v) is 8.98. The van der Waals surface area contributed by atoms with Gasteiger partial charge < -0.3 is 20.1 Å². The second kappa shape index (κ2) is 7.96. The Morgan fingerprint density at radius 3 is 2.61 bits per heavy atom. The van der Waals surface area contributed by atoms with Crippen molar-refractivity contribution in [1.29, 1.82) is 0 Å². The van der Waals surface area contributed by atoms with Crippen molar-refractivity contribution in [2.75, 3.05) is 17.4 Å². The second-order valence-corrected chi connectivity index (χ2v) is 6.50. The van der Waals surface area contributed by atoms with Crippen LogP contribution in [0.1, 0.15) is 16.7 Å². The SMILES string of the molecule is Cc1ccccc1CC(=O)Nc1ccc(NCc2ccc3c(c2)OCO3)nn1. The number of anilines is 2. The van der Waals surface area contributed by atoms with Gasteiger partial charge >= 0.3 is 0 Å². The number of ether oxygens (including phenoxy) is 2. The lowest BCUT2D eigenvalue weighted by Gasteiger charge is -2.08. The number of amides is 1. The molecule has 2 aromatic carbocycles. The van der Waals surface area contributed by atoms with Crippen molar-refractivity contribution in [1.82, 2.24) is 10.2 Å². The fourth-order valence-electron chi connectivity index (χ4n) is 2.91. The molecule has 28 heavy (non-hydrogen) atoms. The van der Waals surface area contributed by atoms with Crippen LogP contribution in [0.15, 0.2) is 54.6 Å². The molecule has 1 aliphatic heterocycles. The number of carbonyl (C=O) groups excluding carboxylic acids is 1. The molecule has 0 saturated carbocycles. The highest BCUT2D eigenvalue weighted by atomic mass is 16.7. The van der Waals surface area contributed by atoms with Crippen molar-refractivity contribution < 1.29 is 14.3 Å². The fraction of sp³-hybridized carbons (Fsp3) is 0.190. The number of carbonyl (C=O) groups is 1.